The van der Waals surface area contributed by atoms with Gasteiger partial charge in [0.25, 0.3) is 0 Å². The fourth-order valence-electron chi connectivity index (χ4n) is 9.15. The number of fused-ring (bicyclic) bond motifs is 6. The van der Waals surface area contributed by atoms with Gasteiger partial charge in [0.05, 0.1) is 50.6 Å². The van der Waals surface area contributed by atoms with Crippen LogP contribution in [0.5, 0.6) is 0 Å². The maximum atomic E-state index is 10.6. The zero-order valence-electron chi connectivity index (χ0n) is 35.7. The second kappa shape index (κ2) is 15.1. The molecule has 0 atom stereocenters. The van der Waals surface area contributed by atoms with Crippen molar-refractivity contribution >= 4 is 43.6 Å². The summed E-state index contributed by atoms with van der Waals surface area (Å²) in [5, 5.41) is 24.8. The molecule has 11 aromatic rings. The van der Waals surface area contributed by atoms with Gasteiger partial charge in [-0.05, 0) is 118 Å². The van der Waals surface area contributed by atoms with Crippen molar-refractivity contribution in [3.8, 4) is 68.8 Å². The third-order valence-corrected chi connectivity index (χ3v) is 12.3. The van der Waals surface area contributed by atoms with E-state index in [1.807, 2.05) is 72.8 Å². The highest BCUT2D eigenvalue weighted by molar-refractivity contribution is 6.11. The molecule has 0 saturated carbocycles. The maximum Gasteiger partial charge on any atom is 0.164 e. The number of hydrogen-bond donors (Lipinski definition) is 0. The van der Waals surface area contributed by atoms with Crippen molar-refractivity contribution in [1.82, 2.24) is 24.1 Å². The van der Waals surface area contributed by atoms with Crippen LogP contribution in [0.15, 0.2) is 164 Å². The molecule has 0 aliphatic heterocycles. The summed E-state index contributed by atoms with van der Waals surface area (Å²) in [6, 6.07) is 60.9. The summed E-state index contributed by atoms with van der Waals surface area (Å²) < 4.78 is 4.52. The molecule has 0 fully saturated rings. The molecular weight excluding hydrogens is 783 g/mol. The second-order valence-electron chi connectivity index (χ2n) is 16.7. The normalized spacial score (nSPS) is 11.4. The summed E-state index contributed by atoms with van der Waals surface area (Å²) >= 11 is 0. The summed E-state index contributed by atoms with van der Waals surface area (Å²) in [6.07, 6.45) is 0. The summed E-state index contributed by atoms with van der Waals surface area (Å²) in [5.41, 5.74) is 16.2. The molecule has 0 saturated heterocycles. The van der Waals surface area contributed by atoms with Gasteiger partial charge in [0, 0.05) is 43.8 Å². The first-order chi connectivity index (χ1) is 31.2. The van der Waals surface area contributed by atoms with E-state index in [4.69, 9.17) is 15.0 Å². The molecule has 8 aromatic carbocycles. The maximum absolute atomic E-state index is 10.6. The summed E-state index contributed by atoms with van der Waals surface area (Å²) in [5.74, 6) is 1.54. The predicted octanol–water partition coefficient (Wildman–Crippen LogP) is 13.7. The number of aryl methyl sites for hydroxylation is 4. The average Bonchev–Trinajstić information content (AvgIpc) is 3.81. The Bertz CT molecular complexity index is 3670. The van der Waals surface area contributed by atoms with Crippen molar-refractivity contribution in [3.63, 3.8) is 0 Å². The Morgan fingerprint density at radius 1 is 0.375 bits per heavy atom. The quantitative estimate of drug-likeness (QED) is 0.166. The van der Waals surface area contributed by atoms with Crippen molar-refractivity contribution in [2.45, 2.75) is 27.7 Å². The SMILES string of the molecule is Cc1ccc2c(c1)c1cc(C)ccc1n2-c1cc(-c2nc(-c3ccccc3)nc(-c3ccc(-c4ccc(C#N)cc4)c(-n4c5ccc(C)cc5c5cc(C)ccc54)c3)n2)ccc1C#N. The van der Waals surface area contributed by atoms with Gasteiger partial charge in [-0.3, -0.25) is 0 Å². The fourth-order valence-corrected chi connectivity index (χ4v) is 9.15. The molecule has 0 radical (unpaired) electrons. The van der Waals surface area contributed by atoms with E-state index >= 15 is 0 Å². The number of nitrogens with zero attached hydrogens (tertiary/aromatic N) is 7. The minimum absolute atomic E-state index is 0.489. The third kappa shape index (κ3) is 6.38. The van der Waals surface area contributed by atoms with Crippen molar-refractivity contribution in [3.05, 3.63) is 197 Å². The highest BCUT2D eigenvalue weighted by Crippen LogP contribution is 2.40. The fraction of sp³-hybridized carbons (Fsp3) is 0.0702. The Morgan fingerprint density at radius 2 is 0.797 bits per heavy atom. The largest absolute Gasteiger partial charge is 0.309 e. The van der Waals surface area contributed by atoms with E-state index in [1.165, 1.54) is 33.0 Å². The lowest BCUT2D eigenvalue weighted by atomic mass is 9.99. The van der Waals surface area contributed by atoms with Crippen LogP contribution in [0, 0.1) is 50.4 Å². The van der Waals surface area contributed by atoms with Gasteiger partial charge in [0.15, 0.2) is 17.5 Å². The molecular formula is C57H39N7. The lowest BCUT2D eigenvalue weighted by Crippen LogP contribution is -2.03. The molecule has 0 aliphatic carbocycles. The first kappa shape index (κ1) is 38.3. The lowest BCUT2D eigenvalue weighted by Gasteiger charge is -2.17. The Morgan fingerprint density at radius 3 is 1.27 bits per heavy atom. The first-order valence-electron chi connectivity index (χ1n) is 21.3. The number of nitriles is 2. The highest BCUT2D eigenvalue weighted by atomic mass is 15.0. The van der Waals surface area contributed by atoms with Crippen LogP contribution in [0.3, 0.4) is 0 Å². The van der Waals surface area contributed by atoms with E-state index < -0.39 is 0 Å². The van der Waals surface area contributed by atoms with Crippen LogP contribution >= 0.6 is 0 Å². The van der Waals surface area contributed by atoms with Gasteiger partial charge in [-0.2, -0.15) is 10.5 Å². The van der Waals surface area contributed by atoms with E-state index in [0.717, 1.165) is 72.0 Å². The topological polar surface area (TPSA) is 96.1 Å². The summed E-state index contributed by atoms with van der Waals surface area (Å²) in [7, 11) is 0. The van der Waals surface area contributed by atoms with Gasteiger partial charge >= 0.3 is 0 Å². The first-order valence-corrected chi connectivity index (χ1v) is 21.3. The molecule has 11 rings (SSSR count). The Balaban J connectivity index is 1.16. The number of hydrogen-bond acceptors (Lipinski definition) is 5. The van der Waals surface area contributed by atoms with Gasteiger partial charge in [-0.25, -0.2) is 15.0 Å². The van der Waals surface area contributed by atoms with E-state index in [-0.39, 0.29) is 0 Å². The zero-order chi connectivity index (χ0) is 43.6. The van der Waals surface area contributed by atoms with Crippen LogP contribution in [0.4, 0.5) is 0 Å². The molecule has 7 heteroatoms. The second-order valence-corrected chi connectivity index (χ2v) is 16.7. The molecule has 0 amide bonds. The van der Waals surface area contributed by atoms with Gasteiger partial charge in [0.1, 0.15) is 6.07 Å². The van der Waals surface area contributed by atoms with E-state index in [2.05, 4.69) is 140 Å². The summed E-state index contributed by atoms with van der Waals surface area (Å²) in [4.78, 5) is 15.6. The van der Waals surface area contributed by atoms with Crippen molar-refractivity contribution < 1.29 is 0 Å². The number of benzene rings is 8. The smallest absolute Gasteiger partial charge is 0.164 e. The zero-order valence-corrected chi connectivity index (χ0v) is 35.7. The number of aromatic nitrogens is 5. The molecule has 0 N–H and O–H groups in total. The van der Waals surface area contributed by atoms with Crippen molar-refractivity contribution in [1.29, 1.82) is 10.5 Å². The van der Waals surface area contributed by atoms with Gasteiger partial charge in [-0.1, -0.05) is 101 Å². The molecule has 0 unspecified atom stereocenters. The van der Waals surface area contributed by atoms with Crippen molar-refractivity contribution in [2.24, 2.45) is 0 Å². The molecule has 7 nitrogen and oxygen atoms in total. The Labute approximate surface area is 370 Å². The molecule has 3 aromatic heterocycles. The Hall–Kier alpha value is -8.65. The molecule has 0 spiro atoms. The monoisotopic (exact) mass is 821 g/mol. The van der Waals surface area contributed by atoms with Crippen LogP contribution in [0.2, 0.25) is 0 Å². The number of rotatable bonds is 6. The molecule has 64 heavy (non-hydrogen) atoms. The minimum Gasteiger partial charge on any atom is -0.309 e. The molecule has 302 valence electrons. The molecule has 3 heterocycles. The van der Waals surface area contributed by atoms with E-state index in [9.17, 15) is 10.5 Å². The lowest BCUT2D eigenvalue weighted by molar-refractivity contribution is 1.07. The van der Waals surface area contributed by atoms with Crippen LogP contribution in [-0.4, -0.2) is 24.1 Å². The highest BCUT2D eigenvalue weighted by Gasteiger charge is 2.21. The average molecular weight is 822 g/mol. The Kier molecular flexibility index (Phi) is 9.01. The van der Waals surface area contributed by atoms with E-state index in [1.54, 1.807) is 0 Å². The van der Waals surface area contributed by atoms with Crippen LogP contribution in [0.1, 0.15) is 33.4 Å². The van der Waals surface area contributed by atoms with Crippen LogP contribution < -0.4 is 0 Å². The molecule has 0 aliphatic rings. The van der Waals surface area contributed by atoms with Crippen molar-refractivity contribution in [2.75, 3.05) is 0 Å². The minimum atomic E-state index is 0.489. The van der Waals surface area contributed by atoms with Gasteiger partial charge in [0.2, 0.25) is 0 Å². The molecule has 0 bridgehead atoms. The predicted molar refractivity (Wildman–Crippen MR) is 259 cm³/mol. The van der Waals surface area contributed by atoms with E-state index in [0.29, 0.717) is 28.6 Å². The van der Waals surface area contributed by atoms with Crippen LogP contribution in [-0.2, 0) is 0 Å². The van der Waals surface area contributed by atoms with Crippen LogP contribution in [0.25, 0.3) is 100 Å². The van der Waals surface area contributed by atoms with Gasteiger partial charge < -0.3 is 9.13 Å². The standard InChI is InChI=1S/C57H39N7/c1-34-10-22-49-45(26-34)46-27-35(2)11-23-50(46)63(49)53-30-41(18-19-43(53)33-59)56-60-55(40-8-6-5-7-9-40)61-57(62-56)42-20-21-44(39-16-14-38(32-58)15-17-39)54(31-42)64-51-24-12-36(3)28-47(51)48-29-37(4)13-25-52(48)64/h5-31H,1-4H3. The van der Waals surface area contributed by atoms with Gasteiger partial charge in [-0.15, -0.1) is 0 Å². The summed E-state index contributed by atoms with van der Waals surface area (Å²) in [6.45, 7) is 8.48. The third-order valence-electron chi connectivity index (χ3n) is 12.3.